The molecular formula is C20H33ClN2O. The molecule has 1 aromatic rings. The van der Waals surface area contributed by atoms with Crippen molar-refractivity contribution in [2.45, 2.75) is 51.9 Å². The molecular weight excluding hydrogens is 320 g/mol. The average molecular weight is 353 g/mol. The molecule has 1 saturated heterocycles. The van der Waals surface area contributed by atoms with Crippen LogP contribution in [0.15, 0.2) is 24.3 Å². The molecule has 1 N–H and O–H groups in total. The Bertz CT molecular complexity index is 499. The third-order valence-electron chi connectivity index (χ3n) is 4.91. The molecule has 0 aliphatic carbocycles. The largest absolute Gasteiger partial charge is 0.343 e. The number of hydrogen-bond acceptors (Lipinski definition) is 2. The number of aryl methyl sites for hydroxylation is 1. The van der Waals surface area contributed by atoms with Gasteiger partial charge in [0.15, 0.2) is 0 Å². The zero-order valence-corrected chi connectivity index (χ0v) is 16.4. The number of hydrogen-bond donors (Lipinski definition) is 1. The van der Waals surface area contributed by atoms with Crippen LogP contribution in [0.25, 0.3) is 0 Å². The van der Waals surface area contributed by atoms with Gasteiger partial charge in [-0.3, -0.25) is 4.79 Å². The van der Waals surface area contributed by atoms with Gasteiger partial charge in [0.25, 0.3) is 0 Å². The fourth-order valence-corrected chi connectivity index (χ4v) is 3.26. The first-order valence-electron chi connectivity index (χ1n) is 8.92. The van der Waals surface area contributed by atoms with Crippen molar-refractivity contribution in [2.24, 2.45) is 5.92 Å². The number of benzene rings is 1. The highest BCUT2D eigenvalue weighted by Crippen LogP contribution is 2.23. The summed E-state index contributed by atoms with van der Waals surface area (Å²) in [6, 6.07) is 8.74. The summed E-state index contributed by atoms with van der Waals surface area (Å²) < 4.78 is 0. The van der Waals surface area contributed by atoms with Gasteiger partial charge in [-0.25, -0.2) is 0 Å². The average Bonchev–Trinajstić information content (AvgIpc) is 2.53. The molecule has 1 aliphatic heterocycles. The van der Waals surface area contributed by atoms with Crippen LogP contribution >= 0.6 is 12.4 Å². The minimum Gasteiger partial charge on any atom is -0.343 e. The summed E-state index contributed by atoms with van der Waals surface area (Å²) in [5, 5.41) is 3.24. The van der Waals surface area contributed by atoms with Gasteiger partial charge in [0.1, 0.15) is 0 Å². The van der Waals surface area contributed by atoms with Crippen LogP contribution in [0.3, 0.4) is 0 Å². The normalized spacial score (nSPS) is 15.9. The van der Waals surface area contributed by atoms with Crippen molar-refractivity contribution in [1.29, 1.82) is 0 Å². The number of amides is 1. The highest BCUT2D eigenvalue weighted by atomic mass is 35.5. The Hall–Kier alpha value is -1.06. The Balaban J connectivity index is 0.00000288. The molecule has 24 heavy (non-hydrogen) atoms. The highest BCUT2D eigenvalue weighted by molar-refractivity contribution is 5.85. The smallest absolute Gasteiger partial charge is 0.222 e. The molecule has 1 amide bonds. The van der Waals surface area contributed by atoms with Crippen LogP contribution in [-0.2, 0) is 16.6 Å². The van der Waals surface area contributed by atoms with Gasteiger partial charge in [0.2, 0.25) is 5.91 Å². The molecule has 0 saturated carbocycles. The molecule has 136 valence electrons. The Morgan fingerprint density at radius 1 is 1.17 bits per heavy atom. The molecule has 0 unspecified atom stereocenters. The van der Waals surface area contributed by atoms with Gasteiger partial charge in [0, 0.05) is 19.5 Å². The molecule has 3 nitrogen and oxygen atoms in total. The van der Waals surface area contributed by atoms with Crippen LogP contribution in [-0.4, -0.2) is 37.5 Å². The number of nitrogens with one attached hydrogen (secondary N) is 1. The lowest BCUT2D eigenvalue weighted by atomic mass is 9.86. The summed E-state index contributed by atoms with van der Waals surface area (Å²) in [6.07, 6.45) is 3.74. The number of likely N-dealkylation sites (tertiary alicyclic amines) is 1. The molecule has 0 atom stereocenters. The van der Waals surface area contributed by atoms with Gasteiger partial charge >= 0.3 is 0 Å². The number of nitrogens with zero attached hydrogens (tertiary/aromatic N) is 1. The lowest BCUT2D eigenvalue weighted by Crippen LogP contribution is -2.40. The van der Waals surface area contributed by atoms with Crippen molar-refractivity contribution in [3.05, 3.63) is 35.4 Å². The summed E-state index contributed by atoms with van der Waals surface area (Å²) >= 11 is 0. The van der Waals surface area contributed by atoms with Gasteiger partial charge in [0.05, 0.1) is 0 Å². The van der Waals surface area contributed by atoms with Crippen LogP contribution in [0.4, 0.5) is 0 Å². The quantitative estimate of drug-likeness (QED) is 0.874. The SMILES string of the molecule is CNCC1CCN(C(=O)CCc2ccc(C(C)(C)C)cc2)CC1.Cl. The standard InChI is InChI=1S/C20H32N2O.ClH/c1-20(2,3)18-8-5-16(6-9-18)7-10-19(23)22-13-11-17(12-14-22)15-21-4;/h5-6,8-9,17,21H,7,10-15H2,1-4H3;1H. The number of halogens is 1. The van der Waals surface area contributed by atoms with E-state index in [1.807, 2.05) is 7.05 Å². The second kappa shape index (κ2) is 9.43. The maximum atomic E-state index is 12.4. The molecule has 1 fully saturated rings. The van der Waals surface area contributed by atoms with Gasteiger partial charge in [-0.2, -0.15) is 0 Å². The second-order valence-electron chi connectivity index (χ2n) is 7.83. The lowest BCUT2D eigenvalue weighted by molar-refractivity contribution is -0.132. The van der Waals surface area contributed by atoms with Crippen molar-refractivity contribution in [2.75, 3.05) is 26.7 Å². The highest BCUT2D eigenvalue weighted by Gasteiger charge is 2.22. The summed E-state index contributed by atoms with van der Waals surface area (Å²) in [5.74, 6) is 1.04. The van der Waals surface area contributed by atoms with E-state index in [0.29, 0.717) is 12.3 Å². The van der Waals surface area contributed by atoms with E-state index in [-0.39, 0.29) is 17.8 Å². The first-order chi connectivity index (χ1) is 10.9. The van der Waals surface area contributed by atoms with E-state index in [9.17, 15) is 4.79 Å². The zero-order chi connectivity index (χ0) is 16.9. The van der Waals surface area contributed by atoms with Gasteiger partial charge in [-0.1, -0.05) is 45.0 Å². The maximum Gasteiger partial charge on any atom is 0.222 e. The van der Waals surface area contributed by atoms with Crippen molar-refractivity contribution in [3.8, 4) is 0 Å². The zero-order valence-electron chi connectivity index (χ0n) is 15.6. The minimum absolute atomic E-state index is 0. The fourth-order valence-electron chi connectivity index (χ4n) is 3.26. The predicted octanol–water partition coefficient (Wildman–Crippen LogP) is 3.80. The van der Waals surface area contributed by atoms with Crippen molar-refractivity contribution >= 4 is 18.3 Å². The van der Waals surface area contributed by atoms with E-state index < -0.39 is 0 Å². The van der Waals surface area contributed by atoms with Crippen LogP contribution in [0, 0.1) is 5.92 Å². The lowest BCUT2D eigenvalue weighted by Gasteiger charge is -2.32. The minimum atomic E-state index is 0. The summed E-state index contributed by atoms with van der Waals surface area (Å²) in [4.78, 5) is 14.4. The van der Waals surface area contributed by atoms with Gasteiger partial charge in [-0.05, 0) is 55.3 Å². The molecule has 0 aromatic heterocycles. The molecule has 4 heteroatoms. The van der Waals surface area contributed by atoms with Crippen LogP contribution in [0.2, 0.25) is 0 Å². The van der Waals surface area contributed by atoms with E-state index in [0.717, 1.165) is 44.8 Å². The Labute approximate surface area is 153 Å². The summed E-state index contributed by atoms with van der Waals surface area (Å²) in [5.41, 5.74) is 2.79. The van der Waals surface area contributed by atoms with Crippen molar-refractivity contribution in [3.63, 3.8) is 0 Å². The first-order valence-corrected chi connectivity index (χ1v) is 8.92. The molecule has 1 aromatic carbocycles. The topological polar surface area (TPSA) is 32.3 Å². The monoisotopic (exact) mass is 352 g/mol. The van der Waals surface area contributed by atoms with Crippen molar-refractivity contribution < 1.29 is 4.79 Å². The van der Waals surface area contributed by atoms with E-state index >= 15 is 0 Å². The van der Waals surface area contributed by atoms with E-state index in [4.69, 9.17) is 0 Å². The third kappa shape index (κ3) is 6.10. The number of piperidine rings is 1. The molecule has 0 radical (unpaired) electrons. The van der Waals surface area contributed by atoms with E-state index in [2.05, 4.69) is 55.3 Å². The second-order valence-corrected chi connectivity index (χ2v) is 7.83. The Kier molecular flexibility index (Phi) is 8.24. The summed E-state index contributed by atoms with van der Waals surface area (Å²) in [7, 11) is 2.00. The van der Waals surface area contributed by atoms with Crippen LogP contribution < -0.4 is 5.32 Å². The van der Waals surface area contributed by atoms with Gasteiger partial charge in [-0.15, -0.1) is 12.4 Å². The maximum absolute atomic E-state index is 12.4. The van der Waals surface area contributed by atoms with Crippen molar-refractivity contribution in [1.82, 2.24) is 10.2 Å². The molecule has 1 aliphatic rings. The van der Waals surface area contributed by atoms with Gasteiger partial charge < -0.3 is 10.2 Å². The molecule has 0 bridgehead atoms. The Morgan fingerprint density at radius 2 is 1.75 bits per heavy atom. The van der Waals surface area contributed by atoms with Crippen LogP contribution in [0.1, 0.15) is 51.2 Å². The molecule has 2 rings (SSSR count). The van der Waals surface area contributed by atoms with E-state index in [1.54, 1.807) is 0 Å². The molecule has 0 spiro atoms. The van der Waals surface area contributed by atoms with E-state index in [1.165, 1.54) is 11.1 Å². The number of rotatable bonds is 5. The predicted molar refractivity (Wildman–Crippen MR) is 104 cm³/mol. The number of carbonyl (C=O) groups excluding carboxylic acids is 1. The molecule has 1 heterocycles. The third-order valence-corrected chi connectivity index (χ3v) is 4.91. The fraction of sp³-hybridized carbons (Fsp3) is 0.650. The first kappa shape index (κ1) is 21.0. The van der Waals surface area contributed by atoms with Crippen LogP contribution in [0.5, 0.6) is 0 Å². The summed E-state index contributed by atoms with van der Waals surface area (Å²) in [6.45, 7) is 9.60. The Morgan fingerprint density at radius 3 is 2.25 bits per heavy atom. The number of carbonyl (C=O) groups is 1.